The third-order valence-electron chi connectivity index (χ3n) is 7.72. The fourth-order valence-electron chi connectivity index (χ4n) is 6.31. The Kier molecular flexibility index (Phi) is 3.43. The molecule has 7 rings (SSSR count). The van der Waals surface area contributed by atoms with E-state index in [-0.39, 0.29) is 33.1 Å². The quantitative estimate of drug-likeness (QED) is 0.774. The van der Waals surface area contributed by atoms with Gasteiger partial charge in [-0.3, -0.25) is 9.59 Å². The smallest absolute Gasteiger partial charge is 0.289 e. The molecule has 0 unspecified atom stereocenters. The van der Waals surface area contributed by atoms with Crippen LogP contribution in [0.3, 0.4) is 0 Å². The summed E-state index contributed by atoms with van der Waals surface area (Å²) < 4.78 is 5.24. The molecule has 3 heterocycles. The van der Waals surface area contributed by atoms with Gasteiger partial charge in [0, 0.05) is 31.6 Å². The molecule has 150 valence electrons. The lowest BCUT2D eigenvalue weighted by Gasteiger charge is -2.70. The maximum Gasteiger partial charge on any atom is 0.289 e. The minimum atomic E-state index is -0.120. The van der Waals surface area contributed by atoms with Gasteiger partial charge in [-0.05, 0) is 60.4 Å². The second kappa shape index (κ2) is 5.66. The molecule has 5 fully saturated rings. The van der Waals surface area contributed by atoms with E-state index in [1.807, 2.05) is 6.07 Å². The number of carbonyl (C=O) groups is 2. The molecule has 5 aliphatic rings. The minimum Gasteiger partial charge on any atom is -0.440 e. The van der Waals surface area contributed by atoms with Gasteiger partial charge in [-0.2, -0.15) is 0 Å². The third kappa shape index (κ3) is 2.40. The second-order valence-corrected chi connectivity index (χ2v) is 10.1. The summed E-state index contributed by atoms with van der Waals surface area (Å²) in [6, 6.07) is 13.8. The van der Waals surface area contributed by atoms with Crippen molar-refractivity contribution in [1.82, 2.24) is 9.80 Å². The van der Waals surface area contributed by atoms with Gasteiger partial charge in [0.2, 0.25) is 5.91 Å². The number of nitrogens with zero attached hydrogens (tertiary/aromatic N) is 2. The Morgan fingerprint density at radius 2 is 1.62 bits per heavy atom. The Labute approximate surface area is 174 Å². The van der Waals surface area contributed by atoms with Crippen molar-refractivity contribution >= 4 is 23.4 Å². The highest BCUT2D eigenvalue weighted by Crippen LogP contribution is 2.74. The van der Waals surface area contributed by atoms with E-state index in [1.54, 1.807) is 17.0 Å². The average Bonchev–Trinajstić information content (AvgIpc) is 3.25. The summed E-state index contributed by atoms with van der Waals surface area (Å²) in [4.78, 5) is 29.6. The Morgan fingerprint density at radius 1 is 0.931 bits per heavy atom. The van der Waals surface area contributed by atoms with Crippen molar-refractivity contribution in [1.29, 1.82) is 0 Å². The van der Waals surface area contributed by atoms with Crippen LogP contribution in [0.25, 0.3) is 0 Å². The monoisotopic (exact) mass is 410 g/mol. The van der Waals surface area contributed by atoms with Crippen LogP contribution >= 0.6 is 11.6 Å². The Morgan fingerprint density at radius 3 is 2.28 bits per heavy atom. The van der Waals surface area contributed by atoms with Crippen LogP contribution < -0.4 is 0 Å². The van der Waals surface area contributed by atoms with Crippen molar-refractivity contribution < 1.29 is 14.0 Å². The molecule has 2 bridgehead atoms. The summed E-state index contributed by atoms with van der Waals surface area (Å²) in [7, 11) is 0. The summed E-state index contributed by atoms with van der Waals surface area (Å²) in [6.45, 7) is 2.96. The molecule has 2 amide bonds. The van der Waals surface area contributed by atoms with Crippen molar-refractivity contribution in [3.63, 3.8) is 0 Å². The SMILES string of the molecule is O=C(c1ccc(Cl)o1)N1CC2(CCN(C(=O)C34CC(c5ccccc5)(C3)C4)C2)C1. The third-order valence-corrected chi connectivity index (χ3v) is 7.92. The van der Waals surface area contributed by atoms with Crippen LogP contribution in [0.2, 0.25) is 5.22 Å². The molecule has 1 spiro atoms. The first-order valence-electron chi connectivity index (χ1n) is 10.3. The molecule has 3 aliphatic carbocycles. The number of carbonyl (C=O) groups excluding carboxylic acids is 2. The van der Waals surface area contributed by atoms with Crippen LogP contribution in [0, 0.1) is 10.8 Å². The van der Waals surface area contributed by atoms with Crippen LogP contribution in [0.5, 0.6) is 0 Å². The van der Waals surface area contributed by atoms with Gasteiger partial charge in [0.15, 0.2) is 11.0 Å². The van der Waals surface area contributed by atoms with E-state index < -0.39 is 0 Å². The van der Waals surface area contributed by atoms with Gasteiger partial charge >= 0.3 is 0 Å². The summed E-state index contributed by atoms with van der Waals surface area (Å²) in [5, 5.41) is 0.230. The first kappa shape index (κ1) is 17.6. The van der Waals surface area contributed by atoms with Gasteiger partial charge in [0.25, 0.3) is 5.91 Å². The molecule has 1 aromatic carbocycles. The van der Waals surface area contributed by atoms with Crippen LogP contribution in [0.1, 0.15) is 41.8 Å². The highest BCUT2D eigenvalue weighted by Gasteiger charge is 2.72. The number of furan rings is 1. The normalized spacial score (nSPS) is 31.2. The second-order valence-electron chi connectivity index (χ2n) is 9.70. The first-order valence-corrected chi connectivity index (χ1v) is 10.7. The predicted molar refractivity (Wildman–Crippen MR) is 108 cm³/mol. The van der Waals surface area contributed by atoms with Crippen molar-refractivity contribution in [2.75, 3.05) is 26.2 Å². The Balaban J connectivity index is 1.07. The molecular formula is C23H23ClN2O3. The molecule has 1 aromatic heterocycles. The Bertz CT molecular complexity index is 988. The maximum atomic E-state index is 13.2. The topological polar surface area (TPSA) is 53.8 Å². The number of hydrogen-bond donors (Lipinski definition) is 0. The molecule has 0 atom stereocenters. The lowest BCUT2D eigenvalue weighted by Crippen LogP contribution is -2.70. The number of benzene rings is 1. The van der Waals surface area contributed by atoms with Crippen LogP contribution in [0.4, 0.5) is 0 Å². The number of hydrogen-bond acceptors (Lipinski definition) is 3. The molecule has 0 N–H and O–H groups in total. The number of rotatable bonds is 3. The molecular weight excluding hydrogens is 388 g/mol. The number of amides is 2. The number of halogens is 1. The summed E-state index contributed by atoms with van der Waals surface area (Å²) in [5.74, 6) is 0.516. The van der Waals surface area contributed by atoms with Crippen LogP contribution in [0.15, 0.2) is 46.9 Å². The van der Waals surface area contributed by atoms with Crippen molar-refractivity contribution in [3.8, 4) is 0 Å². The van der Waals surface area contributed by atoms with Gasteiger partial charge in [0.1, 0.15) is 0 Å². The van der Waals surface area contributed by atoms with E-state index in [1.165, 1.54) is 5.56 Å². The van der Waals surface area contributed by atoms with E-state index in [0.29, 0.717) is 19.0 Å². The highest BCUT2D eigenvalue weighted by atomic mass is 35.5. The molecule has 5 nitrogen and oxygen atoms in total. The fourth-order valence-corrected chi connectivity index (χ4v) is 6.45. The van der Waals surface area contributed by atoms with E-state index in [4.69, 9.17) is 16.0 Å². The summed E-state index contributed by atoms with van der Waals surface area (Å²) >= 11 is 5.78. The van der Waals surface area contributed by atoms with E-state index >= 15 is 0 Å². The minimum absolute atomic E-state index is 0.0579. The van der Waals surface area contributed by atoms with E-state index in [2.05, 4.69) is 29.2 Å². The van der Waals surface area contributed by atoms with Crippen molar-refractivity contribution in [2.24, 2.45) is 10.8 Å². The highest BCUT2D eigenvalue weighted by molar-refractivity contribution is 6.29. The zero-order valence-electron chi connectivity index (χ0n) is 16.2. The zero-order chi connectivity index (χ0) is 19.9. The number of likely N-dealkylation sites (tertiary alicyclic amines) is 2. The molecule has 2 aliphatic heterocycles. The standard InChI is InChI=1S/C23H23ClN2O3/c24-18-7-6-17(29-18)19(27)26-14-21(15-26)8-9-25(13-21)20(28)23-10-22(11-23,12-23)16-4-2-1-3-5-16/h1-7H,8-15H2. The van der Waals surface area contributed by atoms with E-state index in [0.717, 1.165) is 38.8 Å². The van der Waals surface area contributed by atoms with Gasteiger partial charge < -0.3 is 14.2 Å². The van der Waals surface area contributed by atoms with Crippen LogP contribution in [-0.2, 0) is 10.2 Å². The average molecular weight is 411 g/mol. The lowest BCUT2D eigenvalue weighted by molar-refractivity contribution is -0.187. The maximum absolute atomic E-state index is 13.2. The fraction of sp³-hybridized carbons (Fsp3) is 0.478. The molecule has 29 heavy (non-hydrogen) atoms. The molecule has 3 saturated carbocycles. The van der Waals surface area contributed by atoms with Crippen molar-refractivity contribution in [2.45, 2.75) is 31.1 Å². The van der Waals surface area contributed by atoms with Crippen molar-refractivity contribution in [3.05, 3.63) is 59.0 Å². The Hall–Kier alpha value is -2.27. The molecule has 2 saturated heterocycles. The molecule has 2 aromatic rings. The lowest BCUT2D eigenvalue weighted by atomic mass is 9.33. The first-order chi connectivity index (χ1) is 13.9. The predicted octanol–water partition coefficient (Wildman–Crippen LogP) is 3.73. The molecule has 0 radical (unpaired) electrons. The van der Waals surface area contributed by atoms with E-state index in [9.17, 15) is 9.59 Å². The van der Waals surface area contributed by atoms with Crippen LogP contribution in [-0.4, -0.2) is 47.8 Å². The molecule has 6 heteroatoms. The van der Waals surface area contributed by atoms with Gasteiger partial charge in [-0.1, -0.05) is 30.3 Å². The van der Waals surface area contributed by atoms with Gasteiger partial charge in [-0.25, -0.2) is 0 Å². The van der Waals surface area contributed by atoms with Gasteiger partial charge in [0.05, 0.1) is 5.41 Å². The van der Waals surface area contributed by atoms with Gasteiger partial charge in [-0.15, -0.1) is 0 Å². The summed E-state index contributed by atoms with van der Waals surface area (Å²) in [6.07, 6.45) is 3.96. The summed E-state index contributed by atoms with van der Waals surface area (Å²) in [5.41, 5.74) is 1.57. The largest absolute Gasteiger partial charge is 0.440 e. The zero-order valence-corrected chi connectivity index (χ0v) is 17.0.